The molecule has 4 aliphatic carbocycles. The Bertz CT molecular complexity index is 940. The fourth-order valence-corrected chi connectivity index (χ4v) is 7.13. The van der Waals surface area contributed by atoms with Crippen molar-refractivity contribution in [1.29, 1.82) is 0 Å². The normalized spacial score (nSPS) is 23.2. The topological polar surface area (TPSA) is 151 Å². The number of hydrogen-bond donors (Lipinski definition) is 4. The van der Waals surface area contributed by atoms with Gasteiger partial charge < -0.3 is 30.3 Å². The summed E-state index contributed by atoms with van der Waals surface area (Å²) >= 11 is 0. The number of aliphatic hydroxyl groups is 2. The molecule has 0 unspecified atom stereocenters. The summed E-state index contributed by atoms with van der Waals surface area (Å²) in [6, 6.07) is 0.438. The van der Waals surface area contributed by atoms with Crippen LogP contribution >= 0.6 is 0 Å². The van der Waals surface area contributed by atoms with Crippen LogP contribution in [0.25, 0.3) is 0 Å². The molecule has 310 valence electrons. The maximum absolute atomic E-state index is 12.0. The molecular formula is C42H84N2O8. The Balaban J connectivity index is -0.000000785. The Hall–Kier alpha value is -1.88. The Morgan fingerprint density at radius 1 is 0.577 bits per heavy atom. The highest BCUT2D eigenvalue weighted by molar-refractivity contribution is 5.84. The minimum Gasteiger partial charge on any atom is -0.400 e. The summed E-state index contributed by atoms with van der Waals surface area (Å²) in [5, 5.41) is 21.2. The number of carbonyl (C=O) groups excluding carboxylic acids is 4. The molecule has 4 aliphatic rings. The third kappa shape index (κ3) is 23.0. The third-order valence-electron chi connectivity index (χ3n) is 10.0. The van der Waals surface area contributed by atoms with Gasteiger partial charge in [-0.1, -0.05) is 80.1 Å². The molecule has 0 bridgehead atoms. The number of hydrogen-bond acceptors (Lipinski definition) is 8. The lowest BCUT2D eigenvalue weighted by molar-refractivity contribution is -0.131. The molecule has 4 rings (SSSR count). The predicted octanol–water partition coefficient (Wildman–Crippen LogP) is 7.99. The van der Waals surface area contributed by atoms with E-state index in [0.717, 1.165) is 71.3 Å². The van der Waals surface area contributed by atoms with Crippen LogP contribution < -0.4 is 10.6 Å². The summed E-state index contributed by atoms with van der Waals surface area (Å²) in [7, 11) is 1.00. The molecule has 10 nitrogen and oxygen atoms in total. The van der Waals surface area contributed by atoms with Crippen LogP contribution in [-0.4, -0.2) is 84.3 Å². The van der Waals surface area contributed by atoms with Gasteiger partial charge in [0.1, 0.15) is 11.6 Å². The lowest BCUT2D eigenvalue weighted by atomic mass is 9.75. The average molecular weight is 745 g/mol. The summed E-state index contributed by atoms with van der Waals surface area (Å²) in [5.74, 6) is 1.48. The van der Waals surface area contributed by atoms with Gasteiger partial charge in [-0.2, -0.15) is 0 Å². The minimum absolute atomic E-state index is 0. The number of carbonyl (C=O) groups is 4. The number of Topliss-reactive ketones (excluding diaryl/α,β-unsaturated/α-hetero) is 2. The van der Waals surface area contributed by atoms with E-state index in [2.05, 4.69) is 10.6 Å². The van der Waals surface area contributed by atoms with Gasteiger partial charge in [0.2, 0.25) is 11.8 Å². The van der Waals surface area contributed by atoms with Crippen molar-refractivity contribution in [3.8, 4) is 0 Å². The monoisotopic (exact) mass is 745 g/mol. The maximum Gasteiger partial charge on any atom is 0.222 e. The van der Waals surface area contributed by atoms with Gasteiger partial charge in [0, 0.05) is 64.7 Å². The number of aliphatic hydroxyl groups excluding tert-OH is 2. The van der Waals surface area contributed by atoms with E-state index in [-0.39, 0.29) is 56.5 Å². The zero-order chi connectivity index (χ0) is 39.5. The minimum atomic E-state index is -0.167. The van der Waals surface area contributed by atoms with Gasteiger partial charge in [0.25, 0.3) is 0 Å². The smallest absolute Gasteiger partial charge is 0.222 e. The highest BCUT2D eigenvalue weighted by Gasteiger charge is 2.36. The molecule has 0 spiro atoms. The van der Waals surface area contributed by atoms with Crippen LogP contribution in [0.1, 0.15) is 174 Å². The van der Waals surface area contributed by atoms with Crippen LogP contribution in [0.2, 0.25) is 0 Å². The number of amides is 2. The molecule has 0 heterocycles. The van der Waals surface area contributed by atoms with Gasteiger partial charge in [0.15, 0.2) is 0 Å². The standard InChI is InChI=1S/C19H33NO3.C17H29NO3.C3H8O.C2H6.CH4O.2H2/c1-14(2)19(22)15-8-10-16(11-9-15)20-18(21)12-13-23-17-6-4-3-5-7-17;1-12(2)17(20)13-10-14(11-13)18-16(19)8-9-21-15-6-4-3-5-7-15;1-3(2)4;2*1-2;;/h14-17H,3-13H2,1-2H3,(H,20,21);12-15H,3-11H2,1-2H3,(H,18,19);3-4H,1-2H3;1-2H3;2H,1H3;2*1H. The quantitative estimate of drug-likeness (QED) is 0.140. The van der Waals surface area contributed by atoms with Crippen molar-refractivity contribution in [3.63, 3.8) is 0 Å². The molecule has 2 amide bonds. The highest BCUT2D eigenvalue weighted by atomic mass is 16.5. The molecule has 52 heavy (non-hydrogen) atoms. The molecule has 0 aromatic carbocycles. The lowest BCUT2D eigenvalue weighted by Crippen LogP contribution is -2.47. The van der Waals surface area contributed by atoms with Crippen LogP contribution in [-0.2, 0) is 28.7 Å². The number of ketones is 2. The largest absolute Gasteiger partial charge is 0.400 e. The number of rotatable bonds is 14. The van der Waals surface area contributed by atoms with E-state index >= 15 is 0 Å². The van der Waals surface area contributed by atoms with E-state index in [1.54, 1.807) is 13.8 Å². The second-order valence-corrected chi connectivity index (χ2v) is 15.5. The van der Waals surface area contributed by atoms with Crippen LogP contribution in [0.4, 0.5) is 0 Å². The first-order valence-corrected chi connectivity index (χ1v) is 20.9. The average Bonchev–Trinajstić information content (AvgIpc) is 3.12. The van der Waals surface area contributed by atoms with Crippen LogP contribution in [0.3, 0.4) is 0 Å². The molecular weight excluding hydrogens is 660 g/mol. The first-order chi connectivity index (χ1) is 24.8. The van der Waals surface area contributed by atoms with E-state index in [0.29, 0.717) is 49.8 Å². The van der Waals surface area contributed by atoms with E-state index in [9.17, 15) is 19.2 Å². The zero-order valence-electron chi connectivity index (χ0n) is 34.7. The predicted molar refractivity (Wildman–Crippen MR) is 214 cm³/mol. The Kier molecular flexibility index (Phi) is 29.3. The van der Waals surface area contributed by atoms with Crippen molar-refractivity contribution in [3.05, 3.63) is 0 Å². The fraction of sp³-hybridized carbons (Fsp3) is 0.905. The molecule has 0 atom stereocenters. The second-order valence-electron chi connectivity index (χ2n) is 15.5. The van der Waals surface area contributed by atoms with E-state index < -0.39 is 0 Å². The van der Waals surface area contributed by atoms with Crippen LogP contribution in [0.15, 0.2) is 0 Å². The first-order valence-electron chi connectivity index (χ1n) is 20.9. The van der Waals surface area contributed by atoms with Gasteiger partial charge in [0.05, 0.1) is 25.4 Å². The van der Waals surface area contributed by atoms with Crippen molar-refractivity contribution < 1.29 is 41.7 Å². The molecule has 4 saturated carbocycles. The fourth-order valence-electron chi connectivity index (χ4n) is 7.13. The lowest BCUT2D eigenvalue weighted by Gasteiger charge is -2.35. The summed E-state index contributed by atoms with van der Waals surface area (Å²) < 4.78 is 11.6. The molecule has 0 aliphatic heterocycles. The number of nitrogens with one attached hydrogen (secondary N) is 2. The SMILES string of the molecule is CC.CC(C)C(=O)C1CC(NC(=O)CCOC2CCCCC2)C1.CC(C)C(=O)C1CCC(NC(=O)CCOC2CCCCC2)CC1.CC(C)O.CO.[HH].[HH]. The Labute approximate surface area is 320 Å². The van der Waals surface area contributed by atoms with Crippen molar-refractivity contribution in [2.24, 2.45) is 23.7 Å². The van der Waals surface area contributed by atoms with Gasteiger partial charge in [-0.15, -0.1) is 0 Å². The highest BCUT2D eigenvalue weighted by Crippen LogP contribution is 2.31. The van der Waals surface area contributed by atoms with E-state index in [1.807, 2.05) is 41.5 Å². The molecule has 0 aromatic heterocycles. The third-order valence-corrected chi connectivity index (χ3v) is 10.0. The molecule has 4 N–H and O–H groups in total. The second kappa shape index (κ2) is 30.4. The summed E-state index contributed by atoms with van der Waals surface area (Å²) in [4.78, 5) is 47.6. The Morgan fingerprint density at radius 3 is 1.29 bits per heavy atom. The van der Waals surface area contributed by atoms with Gasteiger partial charge in [-0.05, 0) is 78.1 Å². The first kappa shape index (κ1) is 50.1. The molecule has 0 saturated heterocycles. The van der Waals surface area contributed by atoms with Crippen molar-refractivity contribution >= 4 is 23.4 Å². The van der Waals surface area contributed by atoms with Crippen molar-refractivity contribution in [1.82, 2.24) is 10.6 Å². The van der Waals surface area contributed by atoms with E-state index in [4.69, 9.17) is 19.7 Å². The molecule has 0 aromatic rings. The Morgan fingerprint density at radius 2 is 0.923 bits per heavy atom. The summed E-state index contributed by atoms with van der Waals surface area (Å²) in [6.07, 6.45) is 19.0. The summed E-state index contributed by atoms with van der Waals surface area (Å²) in [5.41, 5.74) is 0. The van der Waals surface area contributed by atoms with E-state index in [1.165, 1.54) is 38.5 Å². The molecule has 10 heteroatoms. The molecule has 0 radical (unpaired) electrons. The van der Waals surface area contributed by atoms with Crippen molar-refractivity contribution in [2.45, 2.75) is 201 Å². The van der Waals surface area contributed by atoms with Crippen LogP contribution in [0.5, 0.6) is 0 Å². The van der Waals surface area contributed by atoms with Gasteiger partial charge in [-0.25, -0.2) is 0 Å². The number of ether oxygens (including phenoxy) is 2. The van der Waals surface area contributed by atoms with Crippen molar-refractivity contribution in [2.75, 3.05) is 20.3 Å². The molecule has 4 fully saturated rings. The summed E-state index contributed by atoms with van der Waals surface area (Å²) in [6.45, 7) is 16.3. The van der Waals surface area contributed by atoms with Gasteiger partial charge in [-0.3, -0.25) is 19.2 Å². The zero-order valence-corrected chi connectivity index (χ0v) is 34.7. The van der Waals surface area contributed by atoms with Crippen LogP contribution in [0, 0.1) is 23.7 Å². The van der Waals surface area contributed by atoms with Gasteiger partial charge >= 0.3 is 0 Å². The maximum atomic E-state index is 12.0.